The predicted molar refractivity (Wildman–Crippen MR) is 168 cm³/mol. The smallest absolute Gasteiger partial charge is 0.313 e. The zero-order valence-corrected chi connectivity index (χ0v) is 25.4. The number of aryl methyl sites for hydroxylation is 2. The molecular formula is C33H27ClN4O8. The molecule has 6 rings (SSSR count). The number of ether oxygens (including phenoxy) is 4. The summed E-state index contributed by atoms with van der Waals surface area (Å²) in [7, 11) is 0. The summed E-state index contributed by atoms with van der Waals surface area (Å²) < 4.78 is 29.9. The second kappa shape index (κ2) is 13.1. The van der Waals surface area contributed by atoms with Crippen LogP contribution in [0.25, 0.3) is 5.69 Å². The Bertz CT molecular complexity index is 1930. The lowest BCUT2D eigenvalue weighted by Crippen LogP contribution is -2.16. The van der Waals surface area contributed by atoms with Gasteiger partial charge in [-0.05, 0) is 86.1 Å². The molecule has 0 spiro atoms. The summed E-state index contributed by atoms with van der Waals surface area (Å²) in [5.74, 6) is 1.56. The lowest BCUT2D eigenvalue weighted by molar-refractivity contribution is -0.385. The van der Waals surface area contributed by atoms with Crippen molar-refractivity contribution in [2.45, 2.75) is 27.1 Å². The summed E-state index contributed by atoms with van der Waals surface area (Å²) in [4.78, 5) is 23.8. The van der Waals surface area contributed by atoms with Crippen LogP contribution < -0.4 is 24.4 Å². The molecule has 46 heavy (non-hydrogen) atoms. The normalized spacial score (nSPS) is 12.0. The van der Waals surface area contributed by atoms with Gasteiger partial charge in [0, 0.05) is 28.7 Å². The average molecular weight is 643 g/mol. The molecule has 12 nitrogen and oxygen atoms in total. The highest BCUT2D eigenvalue weighted by Crippen LogP contribution is 2.37. The second-order valence-electron chi connectivity index (χ2n) is 10.3. The Labute approximate surface area is 267 Å². The molecule has 5 aromatic rings. The van der Waals surface area contributed by atoms with Gasteiger partial charge >= 0.3 is 11.6 Å². The number of hydrogen-bond donors (Lipinski definition) is 1. The first-order valence-corrected chi connectivity index (χ1v) is 14.4. The predicted octanol–water partition coefficient (Wildman–Crippen LogP) is 6.90. The molecule has 0 bridgehead atoms. The van der Waals surface area contributed by atoms with E-state index in [0.29, 0.717) is 28.6 Å². The minimum Gasteiger partial charge on any atom is -0.486 e. The van der Waals surface area contributed by atoms with Crippen LogP contribution in [0.5, 0.6) is 23.0 Å². The van der Waals surface area contributed by atoms with Crippen LogP contribution in [0.4, 0.5) is 5.69 Å². The molecule has 0 radical (unpaired) electrons. The van der Waals surface area contributed by atoms with Crippen LogP contribution in [0.15, 0.2) is 88.4 Å². The van der Waals surface area contributed by atoms with Crippen LogP contribution in [0.2, 0.25) is 5.02 Å². The third-order valence-electron chi connectivity index (χ3n) is 7.08. The van der Waals surface area contributed by atoms with Gasteiger partial charge in [0.15, 0.2) is 17.3 Å². The lowest BCUT2D eigenvalue weighted by atomic mass is 10.2. The molecule has 0 unspecified atom stereocenters. The third kappa shape index (κ3) is 6.66. The van der Waals surface area contributed by atoms with E-state index in [1.807, 2.05) is 38.1 Å². The molecule has 0 aliphatic carbocycles. The molecule has 1 amide bonds. The SMILES string of the molecule is Cc1ccc(C)n1-c1ccc(OCc2ccc(C(=O)N/N=C/c3cc(Cl)c(OCc4ccc5c(c4)OCO5)c([N+](=O)[O-])c3)o2)cc1. The Morgan fingerprint density at radius 1 is 0.978 bits per heavy atom. The maximum atomic E-state index is 12.6. The number of benzene rings is 3. The summed E-state index contributed by atoms with van der Waals surface area (Å²) >= 11 is 6.35. The highest BCUT2D eigenvalue weighted by molar-refractivity contribution is 6.32. The number of furan rings is 1. The number of fused-ring (bicyclic) bond motifs is 1. The summed E-state index contributed by atoms with van der Waals surface area (Å²) in [6.45, 7) is 4.35. The van der Waals surface area contributed by atoms with Crippen molar-refractivity contribution in [1.82, 2.24) is 9.99 Å². The van der Waals surface area contributed by atoms with Crippen molar-refractivity contribution in [3.63, 3.8) is 0 Å². The van der Waals surface area contributed by atoms with Crippen molar-refractivity contribution in [1.29, 1.82) is 0 Å². The monoisotopic (exact) mass is 642 g/mol. The lowest BCUT2D eigenvalue weighted by Gasteiger charge is -2.10. The highest BCUT2D eigenvalue weighted by atomic mass is 35.5. The Morgan fingerprint density at radius 3 is 2.50 bits per heavy atom. The number of nitrogens with one attached hydrogen (secondary N) is 1. The van der Waals surface area contributed by atoms with Gasteiger partial charge in [-0.1, -0.05) is 17.7 Å². The fourth-order valence-corrected chi connectivity index (χ4v) is 5.14. The Hall–Kier alpha value is -5.75. The molecule has 1 N–H and O–H groups in total. The molecule has 0 fully saturated rings. The van der Waals surface area contributed by atoms with Gasteiger partial charge in [-0.15, -0.1) is 0 Å². The number of carbonyl (C=O) groups excluding carboxylic acids is 1. The molecule has 1 aliphatic rings. The molecule has 0 saturated carbocycles. The number of nitro groups is 1. The third-order valence-corrected chi connectivity index (χ3v) is 7.36. The van der Waals surface area contributed by atoms with E-state index < -0.39 is 10.8 Å². The van der Waals surface area contributed by atoms with E-state index in [9.17, 15) is 14.9 Å². The van der Waals surface area contributed by atoms with Crippen LogP contribution in [0.3, 0.4) is 0 Å². The van der Waals surface area contributed by atoms with E-state index in [4.69, 9.17) is 35.0 Å². The number of aromatic nitrogens is 1. The molecule has 3 heterocycles. The quantitative estimate of drug-likeness (QED) is 0.0932. The molecule has 0 saturated heterocycles. The first-order chi connectivity index (χ1) is 22.2. The summed E-state index contributed by atoms with van der Waals surface area (Å²) in [6, 6.07) is 22.8. The van der Waals surface area contributed by atoms with E-state index in [2.05, 4.69) is 27.2 Å². The van der Waals surface area contributed by atoms with Crippen molar-refractivity contribution >= 4 is 29.4 Å². The van der Waals surface area contributed by atoms with Crippen molar-refractivity contribution in [2.24, 2.45) is 5.10 Å². The van der Waals surface area contributed by atoms with E-state index in [0.717, 1.165) is 17.1 Å². The van der Waals surface area contributed by atoms with Crippen molar-refractivity contribution in [3.8, 4) is 28.7 Å². The first kappa shape index (κ1) is 30.3. The number of hydrazone groups is 1. The zero-order chi connectivity index (χ0) is 32.2. The van der Waals surface area contributed by atoms with E-state index in [1.54, 1.807) is 24.3 Å². The van der Waals surface area contributed by atoms with Crippen LogP contribution in [0, 0.1) is 24.0 Å². The number of hydrogen-bond acceptors (Lipinski definition) is 9. The van der Waals surface area contributed by atoms with Crippen LogP contribution in [0.1, 0.15) is 38.8 Å². The largest absolute Gasteiger partial charge is 0.486 e. The molecule has 13 heteroatoms. The number of halogens is 1. The Morgan fingerprint density at radius 2 is 1.74 bits per heavy atom. The summed E-state index contributed by atoms with van der Waals surface area (Å²) in [5, 5.41) is 15.7. The summed E-state index contributed by atoms with van der Waals surface area (Å²) in [6.07, 6.45) is 1.23. The number of rotatable bonds is 11. The second-order valence-corrected chi connectivity index (χ2v) is 10.7. The number of carbonyl (C=O) groups is 1. The highest BCUT2D eigenvalue weighted by Gasteiger charge is 2.21. The van der Waals surface area contributed by atoms with E-state index >= 15 is 0 Å². The first-order valence-electron chi connectivity index (χ1n) is 14.0. The average Bonchev–Trinajstić information content (AvgIpc) is 3.79. The molecule has 1 aliphatic heterocycles. The van der Waals surface area contributed by atoms with Crippen molar-refractivity contribution < 1.29 is 33.1 Å². The van der Waals surface area contributed by atoms with Gasteiger partial charge in [0.2, 0.25) is 12.5 Å². The maximum absolute atomic E-state index is 12.6. The van der Waals surface area contributed by atoms with Gasteiger partial charge in [0.25, 0.3) is 0 Å². The minimum atomic E-state index is -0.617. The van der Waals surface area contributed by atoms with Crippen LogP contribution in [-0.4, -0.2) is 28.4 Å². The molecule has 3 aromatic carbocycles. The Balaban J connectivity index is 1.04. The number of nitro benzene ring substituents is 1. The van der Waals surface area contributed by atoms with Gasteiger partial charge in [-0.25, -0.2) is 5.43 Å². The molecular weight excluding hydrogens is 616 g/mol. The molecule has 2 aromatic heterocycles. The fourth-order valence-electron chi connectivity index (χ4n) is 4.86. The minimum absolute atomic E-state index is 0.00276. The number of nitrogens with zero attached hydrogens (tertiary/aromatic N) is 3. The van der Waals surface area contributed by atoms with E-state index in [-0.39, 0.29) is 47.8 Å². The maximum Gasteiger partial charge on any atom is 0.313 e. The van der Waals surface area contributed by atoms with Crippen LogP contribution >= 0.6 is 11.6 Å². The van der Waals surface area contributed by atoms with Crippen molar-refractivity contribution in [2.75, 3.05) is 6.79 Å². The van der Waals surface area contributed by atoms with Crippen LogP contribution in [-0.2, 0) is 13.2 Å². The van der Waals surface area contributed by atoms with Gasteiger partial charge in [-0.2, -0.15) is 5.10 Å². The van der Waals surface area contributed by atoms with E-state index in [1.165, 1.54) is 24.4 Å². The van der Waals surface area contributed by atoms with Gasteiger partial charge < -0.3 is 27.9 Å². The fraction of sp³-hybridized carbons (Fsp3) is 0.152. The molecule has 0 atom stereocenters. The number of amides is 1. The van der Waals surface area contributed by atoms with Gasteiger partial charge in [-0.3, -0.25) is 14.9 Å². The standard InChI is InChI=1S/C33H27ClN4O8/c1-20-3-4-21(2)37(20)24-6-8-25(9-7-24)42-18-26-10-12-30(46-26)33(39)36-35-16-23-13-27(34)32(28(14-23)38(40)41)43-17-22-5-11-29-31(15-22)45-19-44-29/h3-16H,17-19H2,1-2H3,(H,36,39)/b35-16+. The molecule has 234 valence electrons. The van der Waals surface area contributed by atoms with Gasteiger partial charge in [0.05, 0.1) is 16.2 Å². The zero-order valence-electron chi connectivity index (χ0n) is 24.7. The van der Waals surface area contributed by atoms with Crippen molar-refractivity contribution in [3.05, 3.63) is 128 Å². The Kier molecular flexibility index (Phi) is 8.61. The van der Waals surface area contributed by atoms with Gasteiger partial charge in [0.1, 0.15) is 24.7 Å². The summed E-state index contributed by atoms with van der Waals surface area (Å²) in [5.41, 5.74) is 6.27. The topological polar surface area (TPSA) is 140 Å².